The predicted molar refractivity (Wildman–Crippen MR) is 110 cm³/mol. The van der Waals surface area contributed by atoms with Crippen molar-refractivity contribution in [3.63, 3.8) is 0 Å². The smallest absolute Gasteiger partial charge is 0.255 e. The van der Waals surface area contributed by atoms with E-state index >= 15 is 0 Å². The molecule has 0 atom stereocenters. The summed E-state index contributed by atoms with van der Waals surface area (Å²) in [5.74, 6) is 0.567. The van der Waals surface area contributed by atoms with Gasteiger partial charge >= 0.3 is 0 Å². The largest absolute Gasteiger partial charge is 0.493 e. The summed E-state index contributed by atoms with van der Waals surface area (Å²) in [6.07, 6.45) is 11.0. The van der Waals surface area contributed by atoms with Gasteiger partial charge < -0.3 is 10.1 Å². The first-order valence-corrected chi connectivity index (χ1v) is 10.1. The van der Waals surface area contributed by atoms with Crippen molar-refractivity contribution < 1.29 is 9.53 Å². The van der Waals surface area contributed by atoms with Crippen molar-refractivity contribution in [3.8, 4) is 17.0 Å². The quantitative estimate of drug-likeness (QED) is 0.694. The van der Waals surface area contributed by atoms with E-state index in [1.807, 2.05) is 54.3 Å². The van der Waals surface area contributed by atoms with Crippen LogP contribution in [-0.2, 0) is 0 Å². The van der Waals surface area contributed by atoms with Crippen molar-refractivity contribution >= 4 is 5.91 Å². The van der Waals surface area contributed by atoms with Crippen LogP contribution in [0.2, 0.25) is 0 Å². The van der Waals surface area contributed by atoms with E-state index in [0.717, 1.165) is 36.9 Å². The Balaban J connectivity index is 1.34. The highest BCUT2D eigenvalue weighted by Crippen LogP contribution is 2.30. The molecule has 1 saturated carbocycles. The van der Waals surface area contributed by atoms with Crippen molar-refractivity contribution in [1.29, 1.82) is 0 Å². The second-order valence-corrected chi connectivity index (χ2v) is 7.21. The van der Waals surface area contributed by atoms with Gasteiger partial charge in [0.25, 0.3) is 5.91 Å². The van der Waals surface area contributed by atoms with Crippen molar-refractivity contribution in [2.45, 2.75) is 44.7 Å². The average molecular weight is 391 g/mol. The third kappa shape index (κ3) is 4.45. The van der Waals surface area contributed by atoms with Gasteiger partial charge in [-0.25, -0.2) is 9.97 Å². The Bertz CT molecular complexity index is 949. The molecule has 2 heterocycles. The molecular formula is C22H25N5O2. The summed E-state index contributed by atoms with van der Waals surface area (Å²) in [7, 11) is 0. The molecule has 0 radical (unpaired) electrons. The zero-order valence-corrected chi connectivity index (χ0v) is 16.5. The predicted octanol–water partition coefficient (Wildman–Crippen LogP) is 3.65. The Morgan fingerprint density at radius 2 is 2.03 bits per heavy atom. The van der Waals surface area contributed by atoms with Crippen LogP contribution in [0.15, 0.2) is 55.2 Å². The molecule has 29 heavy (non-hydrogen) atoms. The van der Waals surface area contributed by atoms with Crippen LogP contribution in [0, 0.1) is 0 Å². The fourth-order valence-corrected chi connectivity index (χ4v) is 3.81. The molecule has 0 saturated heterocycles. The Morgan fingerprint density at radius 3 is 2.79 bits per heavy atom. The van der Waals surface area contributed by atoms with Crippen LogP contribution in [0.3, 0.4) is 0 Å². The number of hydrogen-bond donors (Lipinski definition) is 1. The van der Waals surface area contributed by atoms with Gasteiger partial charge in [-0.2, -0.15) is 5.10 Å². The molecule has 1 aliphatic carbocycles. The maximum Gasteiger partial charge on any atom is 0.255 e. The Labute approximate surface area is 170 Å². The van der Waals surface area contributed by atoms with Crippen LogP contribution < -0.4 is 10.1 Å². The summed E-state index contributed by atoms with van der Waals surface area (Å²) in [6, 6.07) is 9.79. The molecule has 4 rings (SSSR count). The lowest BCUT2D eigenvalue weighted by Crippen LogP contribution is -2.38. The molecule has 0 spiro atoms. The first kappa shape index (κ1) is 19.1. The second-order valence-electron chi connectivity index (χ2n) is 7.21. The Hall–Kier alpha value is -3.22. The second kappa shape index (κ2) is 8.86. The lowest BCUT2D eigenvalue weighted by Gasteiger charge is -2.29. The molecule has 0 aliphatic heterocycles. The molecule has 150 valence electrons. The topological polar surface area (TPSA) is 81.9 Å². The SMILES string of the molecule is CCOc1ccccc1C(=O)NC1CCC(n2cc(-c3ccncn3)cn2)CC1. The highest BCUT2D eigenvalue weighted by atomic mass is 16.5. The minimum absolute atomic E-state index is 0.0670. The molecule has 7 nitrogen and oxygen atoms in total. The van der Waals surface area contributed by atoms with E-state index in [1.165, 1.54) is 0 Å². The summed E-state index contributed by atoms with van der Waals surface area (Å²) in [5.41, 5.74) is 2.47. The average Bonchev–Trinajstić information content (AvgIpc) is 3.26. The monoisotopic (exact) mass is 391 g/mol. The van der Waals surface area contributed by atoms with Gasteiger partial charge in [0.15, 0.2) is 0 Å². The number of rotatable bonds is 6. The third-order valence-corrected chi connectivity index (χ3v) is 5.32. The molecular weight excluding hydrogens is 366 g/mol. The maximum absolute atomic E-state index is 12.7. The van der Waals surface area contributed by atoms with E-state index in [2.05, 4.69) is 20.4 Å². The lowest BCUT2D eigenvalue weighted by molar-refractivity contribution is 0.0918. The molecule has 2 aromatic heterocycles. The van der Waals surface area contributed by atoms with Crippen molar-refractivity contribution in [2.75, 3.05) is 6.61 Å². The number of ether oxygens (including phenoxy) is 1. The molecule has 1 fully saturated rings. The Kier molecular flexibility index (Phi) is 5.84. The first-order chi connectivity index (χ1) is 14.2. The molecule has 3 aromatic rings. The molecule has 1 N–H and O–H groups in total. The summed E-state index contributed by atoms with van der Waals surface area (Å²) in [6.45, 7) is 2.46. The van der Waals surface area contributed by atoms with Gasteiger partial charge in [-0.3, -0.25) is 9.48 Å². The van der Waals surface area contributed by atoms with E-state index in [0.29, 0.717) is 24.0 Å². The maximum atomic E-state index is 12.7. The van der Waals surface area contributed by atoms with Crippen LogP contribution >= 0.6 is 0 Å². The number of hydrogen-bond acceptors (Lipinski definition) is 5. The first-order valence-electron chi connectivity index (χ1n) is 10.1. The normalized spacial score (nSPS) is 18.9. The number of para-hydroxylation sites is 1. The minimum atomic E-state index is -0.0670. The lowest BCUT2D eigenvalue weighted by atomic mass is 9.91. The minimum Gasteiger partial charge on any atom is -0.493 e. The number of aromatic nitrogens is 4. The van der Waals surface area contributed by atoms with E-state index < -0.39 is 0 Å². The van der Waals surface area contributed by atoms with E-state index in [-0.39, 0.29) is 11.9 Å². The summed E-state index contributed by atoms with van der Waals surface area (Å²) < 4.78 is 7.61. The van der Waals surface area contributed by atoms with Gasteiger partial charge in [0.05, 0.1) is 30.1 Å². The zero-order valence-electron chi connectivity index (χ0n) is 16.5. The van der Waals surface area contributed by atoms with Crippen molar-refractivity contribution in [3.05, 3.63) is 60.8 Å². The Morgan fingerprint density at radius 1 is 1.21 bits per heavy atom. The third-order valence-electron chi connectivity index (χ3n) is 5.32. The van der Waals surface area contributed by atoms with Crippen LogP contribution in [0.4, 0.5) is 0 Å². The van der Waals surface area contributed by atoms with Crippen LogP contribution in [0.25, 0.3) is 11.3 Å². The highest BCUT2D eigenvalue weighted by Gasteiger charge is 2.25. The number of nitrogens with zero attached hydrogens (tertiary/aromatic N) is 4. The highest BCUT2D eigenvalue weighted by molar-refractivity contribution is 5.97. The molecule has 0 unspecified atom stereocenters. The van der Waals surface area contributed by atoms with Gasteiger partial charge in [0.1, 0.15) is 12.1 Å². The molecule has 1 aliphatic rings. The summed E-state index contributed by atoms with van der Waals surface area (Å²) in [4.78, 5) is 20.9. The van der Waals surface area contributed by atoms with E-state index in [9.17, 15) is 4.79 Å². The fourth-order valence-electron chi connectivity index (χ4n) is 3.81. The van der Waals surface area contributed by atoms with Gasteiger partial charge in [0, 0.05) is 24.0 Å². The van der Waals surface area contributed by atoms with Crippen LogP contribution in [-0.4, -0.2) is 38.3 Å². The van der Waals surface area contributed by atoms with Gasteiger partial charge in [0.2, 0.25) is 0 Å². The number of carbonyl (C=O) groups excluding carboxylic acids is 1. The van der Waals surface area contributed by atoms with Crippen LogP contribution in [0.1, 0.15) is 49.0 Å². The molecule has 1 aromatic carbocycles. The van der Waals surface area contributed by atoms with E-state index in [1.54, 1.807) is 12.5 Å². The summed E-state index contributed by atoms with van der Waals surface area (Å²) >= 11 is 0. The van der Waals surface area contributed by atoms with Crippen LogP contribution in [0.5, 0.6) is 5.75 Å². The number of nitrogens with one attached hydrogen (secondary N) is 1. The number of carbonyl (C=O) groups is 1. The molecule has 7 heteroatoms. The van der Waals surface area contributed by atoms with Crippen molar-refractivity contribution in [2.24, 2.45) is 0 Å². The molecule has 1 amide bonds. The van der Waals surface area contributed by atoms with Crippen molar-refractivity contribution in [1.82, 2.24) is 25.1 Å². The van der Waals surface area contributed by atoms with Gasteiger partial charge in [-0.05, 0) is 50.8 Å². The molecule has 0 bridgehead atoms. The standard InChI is InChI=1S/C22H25N5O2/c1-2-29-21-6-4-3-5-19(21)22(28)26-17-7-9-18(10-8-17)27-14-16(13-25-27)20-11-12-23-15-24-20/h3-6,11-15,17-18H,2,7-10H2,1H3,(H,26,28). The number of amides is 1. The van der Waals surface area contributed by atoms with E-state index in [4.69, 9.17) is 4.74 Å². The zero-order chi connectivity index (χ0) is 20.1. The fraction of sp³-hybridized carbons (Fsp3) is 0.364. The summed E-state index contributed by atoms with van der Waals surface area (Å²) in [5, 5.41) is 7.71. The number of benzene rings is 1. The van der Waals surface area contributed by atoms with Gasteiger partial charge in [-0.1, -0.05) is 12.1 Å². The van der Waals surface area contributed by atoms with Gasteiger partial charge in [-0.15, -0.1) is 0 Å².